The summed E-state index contributed by atoms with van der Waals surface area (Å²) in [6.45, 7) is 5.99. The van der Waals surface area contributed by atoms with E-state index >= 15 is 0 Å². The largest absolute Gasteiger partial charge is 2.00 e. The third kappa shape index (κ3) is 18.5. The van der Waals surface area contributed by atoms with Crippen molar-refractivity contribution in [2.75, 3.05) is 0 Å². The number of hydrogen-bond acceptors (Lipinski definition) is 12. The van der Waals surface area contributed by atoms with E-state index < -0.39 is 0 Å². The van der Waals surface area contributed by atoms with Crippen LogP contribution in [0.15, 0.2) is 372 Å². The number of rotatable bonds is 16. The van der Waals surface area contributed by atoms with Crippen molar-refractivity contribution in [2.24, 2.45) is 0 Å². The summed E-state index contributed by atoms with van der Waals surface area (Å²) in [6.07, 6.45) is 25.0. The molecule has 0 saturated carbocycles. The SMILES string of the molecule is Cc1nc(-c2[c-]c(Oc3[c-]c(-c4nc(C)n5ccccc45)ccc3)ccc2)c2ccccn12.Cc1nc(-c2[c-]c(Oc3[c-]c(-c4ncn5ccccc45)ccc3)ccc2)c2ccccn12.[Pt+2].[Pt+2].[Pt+2].[Pt+2].[c-]1c(Oc2[c-]c(-c3ncc4ccccn34)ccc2)cccc1-c1ncn2ccccc12.[c-]1c(Oc2[c-]c(-c3ncn4ccccc34)ccc2)cccc1-c1ncn2ccccc12. The van der Waals surface area contributed by atoms with Crippen molar-refractivity contribution in [1.29, 1.82) is 0 Å². The van der Waals surface area contributed by atoms with Crippen LogP contribution in [0.25, 0.3) is 134 Å². The summed E-state index contributed by atoms with van der Waals surface area (Å²) in [6, 6.07) is 122. The van der Waals surface area contributed by atoms with Gasteiger partial charge in [-0.1, -0.05) is 97.1 Å². The van der Waals surface area contributed by atoms with Crippen LogP contribution >= 0.6 is 0 Å². The Hall–Kier alpha value is -14.8. The molecule has 642 valence electrons. The molecule has 0 bridgehead atoms. The van der Waals surface area contributed by atoms with Crippen molar-refractivity contribution >= 4 is 44.1 Å². The van der Waals surface area contributed by atoms with E-state index in [1.54, 1.807) is 25.3 Å². The van der Waals surface area contributed by atoms with Gasteiger partial charge in [-0.15, -0.1) is 190 Å². The molecule has 0 amide bonds. The smallest absolute Gasteiger partial charge is 0.497 e. The van der Waals surface area contributed by atoms with Crippen LogP contribution in [-0.2, 0) is 84.3 Å². The normalized spacial score (nSPS) is 10.9. The molecule has 0 fully saturated rings. The number of aryl methyl sites for hydroxylation is 3. The zero-order valence-electron chi connectivity index (χ0n) is 69.8. The molecule has 0 unspecified atom stereocenters. The van der Waals surface area contributed by atoms with Gasteiger partial charge in [-0.05, 0) is 118 Å². The maximum Gasteiger partial charge on any atom is 2.00 e. The Morgan fingerprint density at radius 3 is 0.702 bits per heavy atom. The fraction of sp³-hybridized carbons (Fsp3) is 0.0280. The predicted molar refractivity (Wildman–Crippen MR) is 490 cm³/mol. The van der Waals surface area contributed by atoms with E-state index in [0.29, 0.717) is 46.0 Å². The van der Waals surface area contributed by atoms with E-state index in [9.17, 15) is 0 Å². The van der Waals surface area contributed by atoms with Crippen LogP contribution in [0.4, 0.5) is 0 Å². The first-order chi connectivity index (χ1) is 62.6. The van der Waals surface area contributed by atoms with Crippen LogP contribution < -0.4 is 18.9 Å². The number of hydrogen-bond donors (Lipinski definition) is 0. The van der Waals surface area contributed by atoms with E-state index in [0.717, 1.165) is 152 Å². The molecule has 16 aromatic heterocycles. The Morgan fingerprint density at radius 1 is 0.206 bits per heavy atom. The Kier molecular flexibility index (Phi) is 26.6. The number of pyridine rings is 8. The fourth-order valence-corrected chi connectivity index (χ4v) is 15.5. The fourth-order valence-electron chi connectivity index (χ4n) is 15.5. The van der Waals surface area contributed by atoms with E-state index in [1.807, 2.05) is 372 Å². The molecule has 24 heteroatoms. The average molecular weight is 2420 g/mol. The van der Waals surface area contributed by atoms with Crippen molar-refractivity contribution in [1.82, 2.24) is 75.1 Å². The van der Waals surface area contributed by atoms with E-state index in [2.05, 4.69) is 105 Å². The Balaban J connectivity index is 0.000000121. The molecule has 0 spiro atoms. The van der Waals surface area contributed by atoms with Gasteiger partial charge in [0, 0.05) is 180 Å². The Morgan fingerprint density at radius 2 is 0.427 bits per heavy atom. The number of benzene rings is 8. The second-order valence-electron chi connectivity index (χ2n) is 29.7. The van der Waals surface area contributed by atoms with Crippen LogP contribution in [0.5, 0.6) is 46.0 Å². The summed E-state index contributed by atoms with van der Waals surface area (Å²) >= 11 is 0. The van der Waals surface area contributed by atoms with Crippen LogP contribution in [0.3, 0.4) is 0 Å². The van der Waals surface area contributed by atoms with Gasteiger partial charge in [-0.3, -0.25) is 39.9 Å². The number of fused-ring (bicyclic) bond motifs is 8. The van der Waals surface area contributed by atoms with Crippen LogP contribution in [0.1, 0.15) is 17.5 Å². The summed E-state index contributed by atoms with van der Waals surface area (Å²) in [5.41, 5.74) is 21.4. The van der Waals surface area contributed by atoms with Gasteiger partial charge in [-0.25, -0.2) is 0 Å². The second-order valence-corrected chi connectivity index (χ2v) is 29.7. The maximum absolute atomic E-state index is 6.16. The topological polar surface area (TPSA) is 175 Å². The molecule has 0 atom stereocenters. The number of nitrogens with zero attached hydrogens (tertiary/aromatic N) is 16. The van der Waals surface area contributed by atoms with Crippen molar-refractivity contribution in [3.63, 3.8) is 0 Å². The average Bonchev–Trinajstić information content (AvgIpc) is 1.66. The zero-order chi connectivity index (χ0) is 85.1. The molecule has 0 aliphatic rings. The summed E-state index contributed by atoms with van der Waals surface area (Å²) in [5, 5.41) is 0. The molecule has 131 heavy (non-hydrogen) atoms. The first-order valence-electron chi connectivity index (χ1n) is 41.0. The third-order valence-corrected chi connectivity index (χ3v) is 21.4. The van der Waals surface area contributed by atoms with Gasteiger partial charge in [0.2, 0.25) is 0 Å². The molecule has 0 aliphatic carbocycles. The summed E-state index contributed by atoms with van der Waals surface area (Å²) in [5.74, 6) is 8.50. The molecule has 0 radical (unpaired) electrons. The minimum atomic E-state index is 0. The second kappa shape index (κ2) is 39.5. The van der Waals surface area contributed by atoms with E-state index in [1.165, 1.54) is 0 Å². The summed E-state index contributed by atoms with van der Waals surface area (Å²) < 4.78 is 40.7. The van der Waals surface area contributed by atoms with Crippen molar-refractivity contribution in [2.45, 2.75) is 20.8 Å². The van der Waals surface area contributed by atoms with Gasteiger partial charge in [-0.2, -0.15) is 0 Å². The molecule has 16 heterocycles. The van der Waals surface area contributed by atoms with Gasteiger partial charge >= 0.3 is 84.3 Å². The van der Waals surface area contributed by atoms with Gasteiger partial charge in [0.1, 0.15) is 0 Å². The van der Waals surface area contributed by atoms with Crippen molar-refractivity contribution in [3.8, 4) is 136 Å². The van der Waals surface area contributed by atoms with Crippen LogP contribution in [-0.4, -0.2) is 75.1 Å². The van der Waals surface area contributed by atoms with E-state index in [4.69, 9.17) is 33.9 Å². The number of ether oxygens (including phenoxy) is 4. The maximum atomic E-state index is 6.16. The quantitative estimate of drug-likeness (QED) is 0.0838. The number of aromatic nitrogens is 16. The first kappa shape index (κ1) is 88.3. The zero-order valence-corrected chi connectivity index (χ0v) is 78.9. The molecule has 8 aromatic carbocycles. The Labute approximate surface area is 810 Å². The van der Waals surface area contributed by atoms with Gasteiger partial charge in [0.05, 0.1) is 54.1 Å². The molecule has 0 aliphatic heterocycles. The van der Waals surface area contributed by atoms with Crippen molar-refractivity contribution in [3.05, 3.63) is 438 Å². The minimum absolute atomic E-state index is 0. The predicted octanol–water partition coefficient (Wildman–Crippen LogP) is 23.7. The van der Waals surface area contributed by atoms with Crippen LogP contribution in [0, 0.1) is 69.3 Å². The van der Waals surface area contributed by atoms with Gasteiger partial charge in [0.25, 0.3) is 0 Å². The van der Waals surface area contributed by atoms with Crippen LogP contribution in [0.2, 0.25) is 0 Å². The van der Waals surface area contributed by atoms with Crippen molar-refractivity contribution < 1.29 is 103 Å². The molecular formula is C107H70N16O4Pt4. The monoisotopic (exact) mass is 2420 g/mol. The number of imidazole rings is 8. The molecule has 24 rings (SSSR count). The summed E-state index contributed by atoms with van der Waals surface area (Å²) in [7, 11) is 0. The minimum Gasteiger partial charge on any atom is -0.497 e. The Bertz CT molecular complexity index is 7600. The third-order valence-electron chi connectivity index (χ3n) is 21.4. The van der Waals surface area contributed by atoms with Gasteiger partial charge < -0.3 is 54.2 Å². The molecular weight excluding hydrogens is 2350 g/mol. The van der Waals surface area contributed by atoms with Gasteiger partial charge in [0.15, 0.2) is 0 Å². The first-order valence-corrected chi connectivity index (χ1v) is 41.0. The molecule has 20 nitrogen and oxygen atoms in total. The molecule has 0 saturated heterocycles. The summed E-state index contributed by atoms with van der Waals surface area (Å²) in [4.78, 5) is 37.0. The van der Waals surface area contributed by atoms with E-state index in [-0.39, 0.29) is 84.3 Å². The molecule has 0 N–H and O–H groups in total. The standard InChI is InChI=1S/C28H20N4O.C27H18N4O.2C26H16N4O.4Pt/c1-19-29-27(25-13-3-5-15-31(19)25)21-9-7-11-23(17-21)33-24-12-8-10-22(18-24)28-26-14-4-6-16-32(26)20(2)30-28;1-19-29-27(25-13-3-5-15-31(19)25)21-9-7-11-23(17-21)32-22-10-6-8-20(16-22)26-24-12-2-4-14-30(24)18-28-26;1-4-14-30-21(9-1)17-27-26(30)20-8-6-11-23(16-20)31-22-10-5-7-19(15-22)25-24-12-2-3-13-29(24)18-28-25;1-3-13-29-17-27-25(23(29)11-1)19-7-5-9-21(15-19)31-22-10-6-8-20(16-22)26-24-12-2-4-14-30(24)18-28-26;;;;/h3-16H,1-2H3;2-15,18H,1H3;2*1-14,17-18H;;;;/q4*-2;4*+2. The molecule has 24 aromatic rings.